The first kappa shape index (κ1) is 12.2. The van der Waals surface area contributed by atoms with Crippen LogP contribution in [0.3, 0.4) is 0 Å². The smallest absolute Gasteiger partial charge is 0.360 e. The maximum atomic E-state index is 11.5. The molecule has 1 heterocycles. The summed E-state index contributed by atoms with van der Waals surface area (Å²) in [6, 6.07) is 0. The molecule has 0 radical (unpaired) electrons. The van der Waals surface area contributed by atoms with Gasteiger partial charge in [-0.15, -0.1) is 0 Å². The van der Waals surface area contributed by atoms with E-state index in [1.807, 2.05) is 6.92 Å². The monoisotopic (exact) mass is 226 g/mol. The highest BCUT2D eigenvalue weighted by Crippen LogP contribution is 2.15. The molecule has 0 atom stereocenters. The van der Waals surface area contributed by atoms with E-state index in [4.69, 9.17) is 15.3 Å². The fourth-order valence-corrected chi connectivity index (χ4v) is 1.25. The average Bonchev–Trinajstić information content (AvgIpc) is 2.60. The zero-order valence-corrected chi connectivity index (χ0v) is 9.02. The van der Waals surface area contributed by atoms with E-state index in [-0.39, 0.29) is 17.6 Å². The number of carboxylic acid groups (broad SMARTS) is 1. The summed E-state index contributed by atoms with van der Waals surface area (Å²) in [7, 11) is 0. The molecule has 88 valence electrons. The molecule has 1 aromatic heterocycles. The molecule has 0 aromatic carbocycles. The molecule has 0 aliphatic carbocycles. The number of nitrogens with zero attached hydrogens (tertiary/aromatic N) is 1. The Kier molecular flexibility index (Phi) is 4.04. The Labute approximate surface area is 92.5 Å². The van der Waals surface area contributed by atoms with Crippen molar-refractivity contribution < 1.29 is 19.1 Å². The van der Waals surface area contributed by atoms with Crippen molar-refractivity contribution in [1.29, 1.82) is 0 Å². The summed E-state index contributed by atoms with van der Waals surface area (Å²) in [5.74, 6) is -2.15. The van der Waals surface area contributed by atoms with Crippen LogP contribution in [0.4, 0.5) is 5.88 Å². The Morgan fingerprint density at radius 1 is 1.44 bits per heavy atom. The minimum atomic E-state index is -1.30. The molecule has 6 heteroatoms. The molecule has 1 rings (SSSR count). The summed E-state index contributed by atoms with van der Waals surface area (Å²) >= 11 is 0. The molecule has 0 saturated heterocycles. The van der Waals surface area contributed by atoms with E-state index in [0.29, 0.717) is 6.42 Å². The predicted octanol–water partition coefficient (Wildman–Crippen LogP) is 1.72. The Morgan fingerprint density at radius 3 is 2.62 bits per heavy atom. The number of oxazole rings is 1. The molecular weight excluding hydrogens is 212 g/mol. The second-order valence-corrected chi connectivity index (χ2v) is 3.42. The van der Waals surface area contributed by atoms with Gasteiger partial charge < -0.3 is 15.3 Å². The summed E-state index contributed by atoms with van der Waals surface area (Å²) in [4.78, 5) is 25.7. The van der Waals surface area contributed by atoms with Crippen LogP contribution in [0.2, 0.25) is 0 Å². The van der Waals surface area contributed by atoms with Crippen molar-refractivity contribution in [2.45, 2.75) is 32.6 Å². The first-order valence-electron chi connectivity index (χ1n) is 5.09. The number of hydrogen-bond donors (Lipinski definition) is 2. The van der Waals surface area contributed by atoms with E-state index in [1.165, 1.54) is 0 Å². The lowest BCUT2D eigenvalue weighted by Gasteiger charge is -1.94. The van der Waals surface area contributed by atoms with E-state index >= 15 is 0 Å². The highest BCUT2D eigenvalue weighted by Gasteiger charge is 2.20. The molecule has 0 unspecified atom stereocenters. The van der Waals surface area contributed by atoms with Crippen LogP contribution in [0.15, 0.2) is 4.42 Å². The minimum absolute atomic E-state index is 0.217. The van der Waals surface area contributed by atoms with Gasteiger partial charge >= 0.3 is 5.97 Å². The molecule has 0 spiro atoms. The lowest BCUT2D eigenvalue weighted by Crippen LogP contribution is -2.03. The highest BCUT2D eigenvalue weighted by molar-refractivity contribution is 5.95. The summed E-state index contributed by atoms with van der Waals surface area (Å²) in [5, 5.41) is 8.66. The van der Waals surface area contributed by atoms with Gasteiger partial charge in [0.25, 0.3) is 5.89 Å². The lowest BCUT2D eigenvalue weighted by molar-refractivity contribution is 0.0692. The predicted molar refractivity (Wildman–Crippen MR) is 56.3 cm³/mol. The molecule has 0 aliphatic rings. The van der Waals surface area contributed by atoms with Gasteiger partial charge in [0.05, 0.1) is 0 Å². The Morgan fingerprint density at radius 2 is 2.12 bits per heavy atom. The largest absolute Gasteiger partial charge is 0.476 e. The topological polar surface area (TPSA) is 106 Å². The molecule has 0 bridgehead atoms. The third-order valence-electron chi connectivity index (χ3n) is 2.10. The quantitative estimate of drug-likeness (QED) is 0.565. The van der Waals surface area contributed by atoms with Crippen molar-refractivity contribution in [2.75, 3.05) is 5.73 Å². The van der Waals surface area contributed by atoms with Gasteiger partial charge in [-0.05, 0) is 6.42 Å². The number of nitrogens with two attached hydrogens (primary N) is 1. The SMILES string of the molecule is CCCCCC(=O)c1nc(C(=O)O)c(N)o1. The van der Waals surface area contributed by atoms with Crippen LogP contribution >= 0.6 is 0 Å². The molecular formula is C10H14N2O4. The molecule has 16 heavy (non-hydrogen) atoms. The molecule has 6 nitrogen and oxygen atoms in total. The third kappa shape index (κ3) is 2.82. The van der Waals surface area contributed by atoms with Crippen LogP contribution < -0.4 is 5.73 Å². The number of nitrogen functional groups attached to an aromatic ring is 1. The summed E-state index contributed by atoms with van der Waals surface area (Å²) < 4.78 is 4.80. The molecule has 0 amide bonds. The van der Waals surface area contributed by atoms with Crippen molar-refractivity contribution in [2.24, 2.45) is 0 Å². The maximum absolute atomic E-state index is 11.5. The second kappa shape index (κ2) is 5.29. The van der Waals surface area contributed by atoms with Gasteiger partial charge in [-0.25, -0.2) is 4.79 Å². The zero-order valence-electron chi connectivity index (χ0n) is 9.02. The van der Waals surface area contributed by atoms with E-state index in [9.17, 15) is 9.59 Å². The molecule has 3 N–H and O–H groups in total. The number of carbonyl (C=O) groups is 2. The van der Waals surface area contributed by atoms with Gasteiger partial charge in [-0.2, -0.15) is 4.98 Å². The Bertz CT molecular complexity index is 398. The van der Waals surface area contributed by atoms with Crippen molar-refractivity contribution in [3.05, 3.63) is 11.6 Å². The standard InChI is InChI=1S/C10H14N2O4/c1-2-3-4-5-6(13)9-12-7(10(14)15)8(11)16-9/h2-5,11H2,1H3,(H,14,15). The zero-order chi connectivity index (χ0) is 12.1. The van der Waals surface area contributed by atoms with Crippen LogP contribution in [0.1, 0.15) is 53.8 Å². The number of hydrogen-bond acceptors (Lipinski definition) is 5. The number of aromatic carboxylic acids is 1. The fraction of sp³-hybridized carbons (Fsp3) is 0.500. The van der Waals surface area contributed by atoms with Crippen LogP contribution in [-0.2, 0) is 0 Å². The van der Waals surface area contributed by atoms with Gasteiger partial charge in [0.2, 0.25) is 17.4 Å². The van der Waals surface area contributed by atoms with Crippen LogP contribution in [0, 0.1) is 0 Å². The fourth-order valence-electron chi connectivity index (χ4n) is 1.25. The first-order valence-corrected chi connectivity index (χ1v) is 5.09. The highest BCUT2D eigenvalue weighted by atomic mass is 16.4. The van der Waals surface area contributed by atoms with Gasteiger partial charge in [0.1, 0.15) is 0 Å². The van der Waals surface area contributed by atoms with Crippen LogP contribution in [0.25, 0.3) is 0 Å². The number of unbranched alkanes of at least 4 members (excludes halogenated alkanes) is 2. The summed E-state index contributed by atoms with van der Waals surface area (Å²) in [6.45, 7) is 2.02. The third-order valence-corrected chi connectivity index (χ3v) is 2.10. The van der Waals surface area contributed by atoms with Crippen LogP contribution in [0.5, 0.6) is 0 Å². The number of anilines is 1. The van der Waals surface area contributed by atoms with Crippen molar-refractivity contribution >= 4 is 17.6 Å². The van der Waals surface area contributed by atoms with Gasteiger partial charge in [0, 0.05) is 6.42 Å². The van der Waals surface area contributed by atoms with Crippen molar-refractivity contribution in [3.63, 3.8) is 0 Å². The van der Waals surface area contributed by atoms with E-state index in [1.54, 1.807) is 0 Å². The molecule has 0 aliphatic heterocycles. The first-order chi connectivity index (χ1) is 7.56. The number of Topliss-reactive ketones (excluding diaryl/α,β-unsaturated/α-hetero) is 1. The van der Waals surface area contributed by atoms with Crippen molar-refractivity contribution in [1.82, 2.24) is 4.98 Å². The van der Waals surface area contributed by atoms with Crippen molar-refractivity contribution in [3.8, 4) is 0 Å². The van der Waals surface area contributed by atoms with E-state index in [2.05, 4.69) is 4.98 Å². The minimum Gasteiger partial charge on any atom is -0.476 e. The van der Waals surface area contributed by atoms with Gasteiger partial charge in [-0.1, -0.05) is 19.8 Å². The van der Waals surface area contributed by atoms with Crippen LogP contribution in [-0.4, -0.2) is 21.8 Å². The summed E-state index contributed by atoms with van der Waals surface area (Å²) in [6.07, 6.45) is 2.97. The lowest BCUT2D eigenvalue weighted by atomic mass is 10.1. The number of ketones is 1. The maximum Gasteiger partial charge on any atom is 0.360 e. The molecule has 0 saturated carbocycles. The number of carbonyl (C=O) groups excluding carboxylic acids is 1. The average molecular weight is 226 g/mol. The Balaban J connectivity index is 2.69. The molecule has 1 aromatic rings. The number of carboxylic acids is 1. The van der Waals surface area contributed by atoms with E-state index < -0.39 is 11.7 Å². The second-order valence-electron chi connectivity index (χ2n) is 3.42. The number of rotatable bonds is 6. The number of aromatic nitrogens is 1. The van der Waals surface area contributed by atoms with Gasteiger partial charge in [-0.3, -0.25) is 4.79 Å². The van der Waals surface area contributed by atoms with Gasteiger partial charge in [0.15, 0.2) is 0 Å². The van der Waals surface area contributed by atoms with E-state index in [0.717, 1.165) is 19.3 Å². The normalized spacial score (nSPS) is 10.3. The molecule has 0 fully saturated rings. The summed E-state index contributed by atoms with van der Waals surface area (Å²) in [5.41, 5.74) is 4.87. The Hall–Kier alpha value is -1.85.